The first-order valence-electron chi connectivity index (χ1n) is 13.4. The molecule has 2 aromatic heterocycles. The molecule has 0 aliphatic carbocycles. The maximum atomic E-state index is 14.3. The Morgan fingerprint density at radius 1 is 1.12 bits per heavy atom. The number of aromatic nitrogens is 2. The van der Waals surface area contributed by atoms with E-state index >= 15 is 0 Å². The third-order valence-electron chi connectivity index (χ3n) is 7.81. The number of pyridine rings is 1. The molecule has 0 unspecified atom stereocenters. The van der Waals surface area contributed by atoms with Crippen molar-refractivity contribution in [1.82, 2.24) is 20.2 Å². The fourth-order valence-electron chi connectivity index (χ4n) is 5.71. The molecule has 2 N–H and O–H groups in total. The van der Waals surface area contributed by atoms with Crippen LogP contribution in [0, 0.1) is 0 Å². The molecule has 8 nitrogen and oxygen atoms in total. The van der Waals surface area contributed by atoms with Gasteiger partial charge in [-0.15, -0.1) is 11.3 Å². The number of alkyl halides is 5. The van der Waals surface area contributed by atoms with Crippen molar-refractivity contribution in [2.24, 2.45) is 0 Å². The monoisotopic (exact) mass is 587 g/mol. The number of fused-ring (bicyclic) bond motifs is 2. The Morgan fingerprint density at radius 3 is 2.35 bits per heavy atom. The number of nitrogens with zero attached hydrogens (tertiary/aromatic N) is 3. The second-order valence-corrected chi connectivity index (χ2v) is 11.3. The number of nitrogens with one attached hydrogen (secondary N) is 2. The van der Waals surface area contributed by atoms with Gasteiger partial charge in [-0.3, -0.25) is 9.59 Å². The van der Waals surface area contributed by atoms with E-state index in [4.69, 9.17) is 4.74 Å². The number of carbonyl (C=O) groups excluding carboxylic acids is 2. The molecule has 14 heteroatoms. The molecule has 0 aromatic carbocycles. The third kappa shape index (κ3) is 5.78. The Kier molecular flexibility index (Phi) is 8.27. The second-order valence-electron chi connectivity index (χ2n) is 10.3. The molecule has 218 valence electrons. The quantitative estimate of drug-likeness (QED) is 0.392. The maximum Gasteiger partial charge on any atom is 0.408 e. The number of thiazole rings is 1. The van der Waals surface area contributed by atoms with E-state index in [0.29, 0.717) is 26.1 Å². The average molecular weight is 588 g/mol. The molecule has 2 bridgehead atoms. The van der Waals surface area contributed by atoms with E-state index in [2.05, 4.69) is 20.6 Å². The highest BCUT2D eigenvalue weighted by Crippen LogP contribution is 2.42. The molecule has 3 fully saturated rings. The predicted octanol–water partition coefficient (Wildman–Crippen LogP) is 5.57. The number of hydrogen-bond donors (Lipinski definition) is 2. The van der Waals surface area contributed by atoms with Gasteiger partial charge in [-0.05, 0) is 51.0 Å². The van der Waals surface area contributed by atoms with E-state index in [9.17, 15) is 31.5 Å². The van der Waals surface area contributed by atoms with Gasteiger partial charge in [-0.2, -0.15) is 13.2 Å². The lowest BCUT2D eigenvalue weighted by Gasteiger charge is -2.22. The maximum absolute atomic E-state index is 14.3. The number of halogens is 5. The minimum absolute atomic E-state index is 0.0270. The van der Waals surface area contributed by atoms with Gasteiger partial charge in [-0.1, -0.05) is 6.92 Å². The Labute approximate surface area is 231 Å². The van der Waals surface area contributed by atoms with Crippen LogP contribution < -0.4 is 10.6 Å². The molecule has 5 rings (SSSR count). The van der Waals surface area contributed by atoms with Gasteiger partial charge in [0, 0.05) is 48.7 Å². The van der Waals surface area contributed by atoms with Crippen LogP contribution >= 0.6 is 11.3 Å². The van der Waals surface area contributed by atoms with Crippen molar-refractivity contribution in [1.29, 1.82) is 0 Å². The van der Waals surface area contributed by atoms with E-state index < -0.39 is 36.0 Å². The number of amides is 2. The van der Waals surface area contributed by atoms with Crippen LogP contribution in [0.3, 0.4) is 0 Å². The van der Waals surface area contributed by atoms with Crippen molar-refractivity contribution in [2.75, 3.05) is 18.5 Å². The van der Waals surface area contributed by atoms with Crippen LogP contribution in [0.2, 0.25) is 0 Å². The summed E-state index contributed by atoms with van der Waals surface area (Å²) in [6, 6.07) is -1.20. The van der Waals surface area contributed by atoms with Crippen LogP contribution in [-0.4, -0.2) is 70.2 Å². The van der Waals surface area contributed by atoms with Crippen LogP contribution in [-0.2, 0) is 4.74 Å². The van der Waals surface area contributed by atoms with Crippen LogP contribution in [0.5, 0.6) is 0 Å². The van der Waals surface area contributed by atoms with E-state index in [0.717, 1.165) is 49.3 Å². The molecule has 1 atom stereocenters. The number of carbonyl (C=O) groups is 2. The Hall–Kier alpha value is -2.87. The summed E-state index contributed by atoms with van der Waals surface area (Å²) >= 11 is 0.804. The van der Waals surface area contributed by atoms with Crippen molar-refractivity contribution in [2.45, 2.75) is 88.6 Å². The summed E-state index contributed by atoms with van der Waals surface area (Å²) in [5, 5.41) is 5.01. The normalized spacial score (nSPS) is 22.1. The second kappa shape index (κ2) is 11.6. The lowest BCUT2D eigenvalue weighted by atomic mass is 10.0. The molecular weight excluding hydrogens is 557 g/mol. The van der Waals surface area contributed by atoms with E-state index in [1.54, 1.807) is 4.90 Å². The lowest BCUT2D eigenvalue weighted by Crippen LogP contribution is -2.39. The van der Waals surface area contributed by atoms with Gasteiger partial charge in [0.25, 0.3) is 18.2 Å². The fourth-order valence-corrected chi connectivity index (χ4v) is 6.71. The number of hydrogen-bond acceptors (Lipinski definition) is 7. The highest BCUT2D eigenvalue weighted by atomic mass is 32.1. The molecule has 0 spiro atoms. The predicted molar refractivity (Wildman–Crippen MR) is 138 cm³/mol. The molecule has 5 heterocycles. The zero-order chi connectivity index (χ0) is 28.6. The Balaban J connectivity index is 1.52. The Morgan fingerprint density at radius 2 is 1.77 bits per heavy atom. The molecule has 0 saturated carbocycles. The van der Waals surface area contributed by atoms with Crippen LogP contribution in [0.25, 0.3) is 10.4 Å². The van der Waals surface area contributed by atoms with Crippen molar-refractivity contribution >= 4 is 29.0 Å². The summed E-state index contributed by atoms with van der Waals surface area (Å²) in [5.74, 6) is -1.33. The van der Waals surface area contributed by atoms with Gasteiger partial charge in [-0.25, -0.2) is 18.7 Å². The third-order valence-corrected chi connectivity index (χ3v) is 8.90. The molecule has 3 aliphatic rings. The highest BCUT2D eigenvalue weighted by Gasteiger charge is 2.44. The fraction of sp³-hybridized carbons (Fsp3) is 0.615. The summed E-state index contributed by atoms with van der Waals surface area (Å²) in [4.78, 5) is 37.0. The number of rotatable bonds is 8. The topological polar surface area (TPSA) is 96.4 Å². The summed E-state index contributed by atoms with van der Waals surface area (Å²) in [5.41, 5.74) is -0.863. The van der Waals surface area contributed by atoms with Gasteiger partial charge in [0.1, 0.15) is 17.6 Å². The van der Waals surface area contributed by atoms with Crippen LogP contribution in [0.15, 0.2) is 12.3 Å². The highest BCUT2D eigenvalue weighted by molar-refractivity contribution is 7.17. The minimum atomic E-state index is -4.60. The first-order valence-corrected chi connectivity index (χ1v) is 14.2. The lowest BCUT2D eigenvalue weighted by molar-refractivity contribution is -0.142. The van der Waals surface area contributed by atoms with E-state index in [1.807, 2.05) is 0 Å². The van der Waals surface area contributed by atoms with Crippen LogP contribution in [0.1, 0.15) is 84.1 Å². The minimum Gasteiger partial charge on any atom is -0.381 e. The van der Waals surface area contributed by atoms with Crippen LogP contribution in [0.4, 0.5) is 27.8 Å². The SMILES string of the molecule is CC[C@H](Nc1cc(C(F)F)c(-c2sc(C(=O)NC3CCOCC3)nc2C(=O)N2C3CCC2CC3)cn1)C(F)(F)F. The van der Waals surface area contributed by atoms with Gasteiger partial charge in [0.2, 0.25) is 0 Å². The molecular formula is C26H30F5N5O3S. The van der Waals surface area contributed by atoms with Crippen molar-refractivity contribution in [3.63, 3.8) is 0 Å². The first-order chi connectivity index (χ1) is 19.1. The molecule has 3 aliphatic heterocycles. The van der Waals surface area contributed by atoms with Gasteiger partial charge in [0.05, 0.1) is 4.88 Å². The summed E-state index contributed by atoms with van der Waals surface area (Å²) in [6.07, 6.45) is -2.40. The summed E-state index contributed by atoms with van der Waals surface area (Å²) < 4.78 is 73.8. The molecule has 2 aromatic rings. The molecule has 40 heavy (non-hydrogen) atoms. The smallest absolute Gasteiger partial charge is 0.381 e. The summed E-state index contributed by atoms with van der Waals surface area (Å²) in [6.45, 7) is 2.31. The number of anilines is 1. The van der Waals surface area contributed by atoms with Crippen molar-refractivity contribution in [3.05, 3.63) is 28.5 Å². The summed E-state index contributed by atoms with van der Waals surface area (Å²) in [7, 11) is 0. The van der Waals surface area contributed by atoms with Gasteiger partial charge >= 0.3 is 6.18 Å². The zero-order valence-electron chi connectivity index (χ0n) is 21.8. The van der Waals surface area contributed by atoms with Crippen molar-refractivity contribution < 1.29 is 36.3 Å². The molecule has 2 amide bonds. The largest absolute Gasteiger partial charge is 0.408 e. The first kappa shape index (κ1) is 28.7. The van der Waals surface area contributed by atoms with Crippen molar-refractivity contribution in [3.8, 4) is 10.4 Å². The number of ether oxygens (including phenoxy) is 1. The van der Waals surface area contributed by atoms with Gasteiger partial charge < -0.3 is 20.3 Å². The average Bonchev–Trinajstić information content (AvgIpc) is 3.66. The van der Waals surface area contributed by atoms with E-state index in [1.165, 1.54) is 6.92 Å². The molecule has 0 radical (unpaired) electrons. The molecule has 3 saturated heterocycles. The zero-order valence-corrected chi connectivity index (χ0v) is 22.6. The van der Waals surface area contributed by atoms with Gasteiger partial charge in [0.15, 0.2) is 5.01 Å². The standard InChI is InChI=1S/C26H30F5N5O3S/c1-2-18(26(29,30)31)34-19-11-16(22(27)28)17(12-32-19)21-20(25(38)36-14-3-4-15(36)6-5-14)35-24(40-21)23(37)33-13-7-9-39-10-8-13/h11-15,18,22H,2-10H2,1H3,(H,32,34)(H,33,37)/t14?,15?,18-/m0/s1. The Bertz CT molecular complexity index is 1230. The van der Waals surface area contributed by atoms with E-state index in [-0.39, 0.29) is 51.5 Å².